The largest absolute Gasteiger partial charge is 0.467 e. The van der Waals surface area contributed by atoms with Gasteiger partial charge in [-0.2, -0.15) is 11.8 Å². The number of thioether (sulfide) groups is 1. The second-order valence-electron chi connectivity index (χ2n) is 4.48. The van der Waals surface area contributed by atoms with Crippen LogP contribution in [0.15, 0.2) is 24.3 Å². The van der Waals surface area contributed by atoms with E-state index in [0.717, 1.165) is 0 Å². The molecule has 1 fully saturated rings. The van der Waals surface area contributed by atoms with E-state index in [4.69, 9.17) is 0 Å². The predicted molar refractivity (Wildman–Crippen MR) is 72.7 cm³/mol. The lowest BCUT2D eigenvalue weighted by Gasteiger charge is -2.22. The molecule has 1 aromatic rings. The molecule has 0 spiro atoms. The number of hydrogen-bond acceptors (Lipinski definition) is 4. The van der Waals surface area contributed by atoms with Crippen molar-refractivity contribution in [2.75, 3.05) is 18.6 Å². The molecule has 1 saturated heterocycles. The highest BCUT2D eigenvalue weighted by Crippen LogP contribution is 2.32. The number of benzene rings is 1. The van der Waals surface area contributed by atoms with Gasteiger partial charge in [-0.15, -0.1) is 0 Å². The van der Waals surface area contributed by atoms with Crippen LogP contribution in [0.5, 0.6) is 0 Å². The molecule has 3 nitrogen and oxygen atoms in total. The van der Waals surface area contributed by atoms with Crippen molar-refractivity contribution in [2.45, 2.75) is 24.9 Å². The molecule has 18 heavy (non-hydrogen) atoms. The monoisotopic (exact) mass is 266 g/mol. The van der Waals surface area contributed by atoms with Crippen molar-refractivity contribution in [3.8, 4) is 0 Å². The first-order valence-electron chi connectivity index (χ1n) is 6.16. The van der Waals surface area contributed by atoms with Gasteiger partial charge in [-0.3, -0.25) is 0 Å². The van der Waals surface area contributed by atoms with Gasteiger partial charge in [0.05, 0.1) is 7.11 Å². The molecule has 0 saturated carbocycles. The maximum atomic E-state index is 11.2. The van der Waals surface area contributed by atoms with Crippen LogP contribution in [0.4, 0.5) is 0 Å². The molecule has 1 atom stereocenters. The molecule has 0 aromatic heterocycles. The molecule has 0 radical (unpaired) electrons. The molecule has 98 valence electrons. The van der Waals surface area contributed by atoms with Crippen LogP contribution in [0.25, 0.3) is 0 Å². The molecular formula is C14H18O3S. The van der Waals surface area contributed by atoms with Crippen LogP contribution in [0.3, 0.4) is 0 Å². The van der Waals surface area contributed by atoms with Crippen molar-refractivity contribution in [1.82, 2.24) is 0 Å². The summed E-state index contributed by atoms with van der Waals surface area (Å²) in [7, 11) is 1.28. The number of aliphatic hydroxyl groups excluding tert-OH is 1. The van der Waals surface area contributed by atoms with Crippen molar-refractivity contribution >= 4 is 17.7 Å². The Kier molecular flexibility index (Phi) is 4.66. The standard InChI is InChI=1S/C14H18O3S/c1-17-14(16)13(15)12-4-2-10(3-5-12)11-6-8-18-9-7-11/h2-5,11,13,15H,6-9H2,1H3. The summed E-state index contributed by atoms with van der Waals surface area (Å²) >= 11 is 2.01. The van der Waals surface area contributed by atoms with Crippen molar-refractivity contribution < 1.29 is 14.6 Å². The fourth-order valence-corrected chi connectivity index (χ4v) is 3.34. The number of carbonyl (C=O) groups excluding carboxylic acids is 1. The average Bonchev–Trinajstić information content (AvgIpc) is 2.47. The summed E-state index contributed by atoms with van der Waals surface area (Å²) in [5.41, 5.74) is 1.90. The van der Waals surface area contributed by atoms with Crippen LogP contribution in [0.2, 0.25) is 0 Å². The van der Waals surface area contributed by atoms with Crippen molar-refractivity contribution in [1.29, 1.82) is 0 Å². The van der Waals surface area contributed by atoms with Gasteiger partial charge in [-0.1, -0.05) is 24.3 Å². The highest BCUT2D eigenvalue weighted by Gasteiger charge is 2.19. The van der Waals surface area contributed by atoms with E-state index in [9.17, 15) is 9.90 Å². The summed E-state index contributed by atoms with van der Waals surface area (Å²) in [6.45, 7) is 0. The summed E-state index contributed by atoms with van der Waals surface area (Å²) in [5, 5.41) is 9.71. The number of esters is 1. The first-order valence-corrected chi connectivity index (χ1v) is 7.31. The topological polar surface area (TPSA) is 46.5 Å². The lowest BCUT2D eigenvalue weighted by molar-refractivity contribution is -0.150. The minimum Gasteiger partial charge on any atom is -0.467 e. The SMILES string of the molecule is COC(=O)C(O)c1ccc(C2CCSCC2)cc1. The third-order valence-corrected chi connectivity index (χ3v) is 4.42. The van der Waals surface area contributed by atoms with E-state index >= 15 is 0 Å². The van der Waals surface area contributed by atoms with Gasteiger partial charge in [0.2, 0.25) is 0 Å². The maximum Gasteiger partial charge on any atom is 0.339 e. The minimum atomic E-state index is -1.18. The molecule has 1 heterocycles. The van der Waals surface area contributed by atoms with Gasteiger partial charge in [-0.25, -0.2) is 4.79 Å². The van der Waals surface area contributed by atoms with Crippen LogP contribution in [0.1, 0.15) is 36.0 Å². The van der Waals surface area contributed by atoms with E-state index in [0.29, 0.717) is 11.5 Å². The van der Waals surface area contributed by atoms with Gasteiger partial charge in [-0.05, 0) is 41.4 Å². The first-order chi connectivity index (χ1) is 8.72. The second-order valence-corrected chi connectivity index (χ2v) is 5.70. The smallest absolute Gasteiger partial charge is 0.339 e. The second kappa shape index (κ2) is 6.25. The Labute approximate surface area is 112 Å². The normalized spacial score (nSPS) is 18.3. The molecule has 1 unspecified atom stereocenters. The third-order valence-electron chi connectivity index (χ3n) is 3.37. The Balaban J connectivity index is 2.07. The number of carbonyl (C=O) groups is 1. The van der Waals surface area contributed by atoms with Crippen LogP contribution in [-0.4, -0.2) is 29.7 Å². The maximum absolute atomic E-state index is 11.2. The summed E-state index contributed by atoms with van der Waals surface area (Å²) < 4.78 is 4.52. The van der Waals surface area contributed by atoms with E-state index in [1.807, 2.05) is 36.0 Å². The molecule has 1 aliphatic heterocycles. The van der Waals surface area contributed by atoms with Crippen LogP contribution < -0.4 is 0 Å². The Morgan fingerprint density at radius 3 is 2.50 bits per heavy atom. The zero-order valence-corrected chi connectivity index (χ0v) is 11.3. The molecule has 2 rings (SSSR count). The van der Waals surface area contributed by atoms with Crippen LogP contribution in [-0.2, 0) is 9.53 Å². The number of rotatable bonds is 3. The average molecular weight is 266 g/mol. The Bertz CT molecular complexity index is 396. The fourth-order valence-electron chi connectivity index (χ4n) is 2.23. The number of ether oxygens (including phenoxy) is 1. The van der Waals surface area contributed by atoms with E-state index in [2.05, 4.69) is 4.74 Å². The van der Waals surface area contributed by atoms with E-state index in [1.54, 1.807) is 0 Å². The zero-order chi connectivity index (χ0) is 13.0. The predicted octanol–water partition coefficient (Wildman–Crippen LogP) is 2.50. The molecule has 1 aromatic carbocycles. The highest BCUT2D eigenvalue weighted by atomic mass is 32.2. The van der Waals surface area contributed by atoms with Crippen LogP contribution >= 0.6 is 11.8 Å². The van der Waals surface area contributed by atoms with E-state index < -0.39 is 12.1 Å². The molecule has 1 N–H and O–H groups in total. The lowest BCUT2D eigenvalue weighted by atomic mass is 9.92. The Morgan fingerprint density at radius 1 is 1.33 bits per heavy atom. The lowest BCUT2D eigenvalue weighted by Crippen LogP contribution is -2.13. The third kappa shape index (κ3) is 3.06. The molecular weight excluding hydrogens is 248 g/mol. The van der Waals surface area contributed by atoms with Gasteiger partial charge in [0, 0.05) is 0 Å². The van der Waals surface area contributed by atoms with Gasteiger partial charge in [0.25, 0.3) is 0 Å². The van der Waals surface area contributed by atoms with E-state index in [1.165, 1.54) is 37.0 Å². The number of aliphatic hydroxyl groups is 1. The molecule has 0 amide bonds. The van der Waals surface area contributed by atoms with Crippen molar-refractivity contribution in [3.63, 3.8) is 0 Å². The number of methoxy groups -OCH3 is 1. The van der Waals surface area contributed by atoms with Gasteiger partial charge in [0.1, 0.15) is 0 Å². The van der Waals surface area contributed by atoms with E-state index in [-0.39, 0.29) is 0 Å². The zero-order valence-electron chi connectivity index (χ0n) is 10.5. The van der Waals surface area contributed by atoms with Crippen LogP contribution in [0, 0.1) is 0 Å². The van der Waals surface area contributed by atoms with Crippen molar-refractivity contribution in [2.24, 2.45) is 0 Å². The molecule has 4 heteroatoms. The first kappa shape index (κ1) is 13.4. The fraction of sp³-hybridized carbons (Fsp3) is 0.500. The molecule has 1 aliphatic rings. The summed E-state index contributed by atoms with van der Waals surface area (Å²) in [4.78, 5) is 11.2. The van der Waals surface area contributed by atoms with Gasteiger partial charge in [0.15, 0.2) is 6.10 Å². The summed E-state index contributed by atoms with van der Waals surface area (Å²) in [6.07, 6.45) is 1.25. The molecule has 0 bridgehead atoms. The van der Waals surface area contributed by atoms with Crippen molar-refractivity contribution in [3.05, 3.63) is 35.4 Å². The Morgan fingerprint density at radius 2 is 1.94 bits per heavy atom. The quantitative estimate of drug-likeness (QED) is 0.854. The highest BCUT2D eigenvalue weighted by molar-refractivity contribution is 7.99. The summed E-state index contributed by atoms with van der Waals surface area (Å²) in [6, 6.07) is 7.67. The minimum absolute atomic E-state index is 0.593. The van der Waals surface area contributed by atoms with Gasteiger partial charge < -0.3 is 9.84 Å². The Hall–Kier alpha value is -1.00. The van der Waals surface area contributed by atoms with Gasteiger partial charge >= 0.3 is 5.97 Å². The molecule has 0 aliphatic carbocycles. The summed E-state index contributed by atoms with van der Waals surface area (Å²) in [5.74, 6) is 2.45. The number of hydrogen-bond donors (Lipinski definition) is 1.